The fourth-order valence-corrected chi connectivity index (χ4v) is 5.55. The largest absolute Gasteiger partial charge is 0.293 e. The second-order valence-electron chi connectivity index (χ2n) is 7.17. The van der Waals surface area contributed by atoms with Crippen molar-refractivity contribution in [1.29, 1.82) is 0 Å². The molecule has 0 amide bonds. The molecule has 6 heteroatoms. The third-order valence-corrected chi connectivity index (χ3v) is 7.23. The first-order chi connectivity index (χ1) is 14.7. The quantitative estimate of drug-likeness (QED) is 0.369. The standard InChI is InChI=1S/C24H19N3OS2/c1-16-21-23(30-22(16)18-10-6-3-7-11-18)25-15-27(24(21)28)13-19-14-29-20(26-19)12-17-8-4-2-5-9-17/h2-11,14-15H,12-13H2,1H3. The van der Waals surface area contributed by atoms with E-state index in [1.807, 2.05) is 48.7 Å². The summed E-state index contributed by atoms with van der Waals surface area (Å²) in [7, 11) is 0. The van der Waals surface area contributed by atoms with E-state index in [9.17, 15) is 4.79 Å². The van der Waals surface area contributed by atoms with E-state index in [1.54, 1.807) is 33.6 Å². The first kappa shape index (κ1) is 18.9. The van der Waals surface area contributed by atoms with Gasteiger partial charge in [0.1, 0.15) is 4.83 Å². The van der Waals surface area contributed by atoms with E-state index < -0.39 is 0 Å². The van der Waals surface area contributed by atoms with Gasteiger partial charge in [-0.15, -0.1) is 22.7 Å². The molecular weight excluding hydrogens is 410 g/mol. The first-order valence-electron chi connectivity index (χ1n) is 9.70. The topological polar surface area (TPSA) is 47.8 Å². The van der Waals surface area contributed by atoms with Gasteiger partial charge in [0.15, 0.2) is 0 Å². The van der Waals surface area contributed by atoms with Crippen LogP contribution in [0.3, 0.4) is 0 Å². The molecule has 4 nitrogen and oxygen atoms in total. The molecule has 0 aliphatic rings. The highest BCUT2D eigenvalue weighted by Gasteiger charge is 2.16. The van der Waals surface area contributed by atoms with Gasteiger partial charge in [0.25, 0.3) is 5.56 Å². The number of hydrogen-bond donors (Lipinski definition) is 0. The Bertz CT molecular complexity index is 1370. The van der Waals surface area contributed by atoms with Crippen LogP contribution >= 0.6 is 22.7 Å². The van der Waals surface area contributed by atoms with Gasteiger partial charge in [0, 0.05) is 16.7 Å². The van der Waals surface area contributed by atoms with Crippen molar-refractivity contribution < 1.29 is 0 Å². The minimum absolute atomic E-state index is 0.00598. The zero-order valence-corrected chi connectivity index (χ0v) is 18.0. The van der Waals surface area contributed by atoms with Crippen LogP contribution in [0, 0.1) is 6.92 Å². The van der Waals surface area contributed by atoms with Gasteiger partial charge in [0.2, 0.25) is 0 Å². The zero-order valence-electron chi connectivity index (χ0n) is 16.4. The lowest BCUT2D eigenvalue weighted by molar-refractivity contribution is 0.732. The smallest absolute Gasteiger partial charge is 0.262 e. The molecule has 2 aromatic carbocycles. The van der Waals surface area contributed by atoms with Crippen LogP contribution < -0.4 is 5.56 Å². The minimum atomic E-state index is -0.00598. The predicted octanol–water partition coefficient (Wildman–Crippen LogP) is 5.53. The molecule has 0 unspecified atom stereocenters. The average molecular weight is 430 g/mol. The summed E-state index contributed by atoms with van der Waals surface area (Å²) in [5, 5.41) is 3.79. The van der Waals surface area contributed by atoms with Crippen LogP contribution in [0.4, 0.5) is 0 Å². The Kier molecular flexibility index (Phi) is 5.02. The number of aryl methyl sites for hydroxylation is 1. The van der Waals surface area contributed by atoms with Crippen molar-refractivity contribution in [2.75, 3.05) is 0 Å². The van der Waals surface area contributed by atoms with E-state index in [0.717, 1.165) is 38.0 Å². The maximum atomic E-state index is 13.2. The van der Waals surface area contributed by atoms with Gasteiger partial charge < -0.3 is 0 Å². The van der Waals surface area contributed by atoms with E-state index in [2.05, 4.69) is 29.2 Å². The summed E-state index contributed by atoms with van der Waals surface area (Å²) in [5.41, 5.74) is 4.24. The number of hydrogen-bond acceptors (Lipinski definition) is 5. The average Bonchev–Trinajstić information content (AvgIpc) is 3.36. The Balaban J connectivity index is 1.45. The number of rotatable bonds is 5. The van der Waals surface area contributed by atoms with Crippen molar-refractivity contribution in [3.63, 3.8) is 0 Å². The fourth-order valence-electron chi connectivity index (χ4n) is 3.58. The second kappa shape index (κ2) is 7.97. The molecule has 0 atom stereocenters. The molecule has 30 heavy (non-hydrogen) atoms. The normalized spacial score (nSPS) is 11.2. The van der Waals surface area contributed by atoms with E-state index >= 15 is 0 Å². The van der Waals surface area contributed by atoms with Crippen LogP contribution in [0.25, 0.3) is 20.7 Å². The molecule has 5 aromatic rings. The maximum absolute atomic E-state index is 13.2. The summed E-state index contributed by atoms with van der Waals surface area (Å²) in [4.78, 5) is 24.4. The molecule has 0 radical (unpaired) electrons. The van der Waals surface area contributed by atoms with Crippen molar-refractivity contribution in [2.24, 2.45) is 0 Å². The summed E-state index contributed by atoms with van der Waals surface area (Å²) < 4.78 is 1.66. The minimum Gasteiger partial charge on any atom is -0.293 e. The molecule has 0 bridgehead atoms. The van der Waals surface area contributed by atoms with Crippen molar-refractivity contribution in [1.82, 2.24) is 14.5 Å². The van der Waals surface area contributed by atoms with E-state index in [4.69, 9.17) is 4.98 Å². The van der Waals surface area contributed by atoms with Crippen LogP contribution in [-0.2, 0) is 13.0 Å². The SMILES string of the molecule is Cc1c(-c2ccccc2)sc2ncn(Cc3csc(Cc4ccccc4)n3)c(=O)c12. The van der Waals surface area contributed by atoms with Gasteiger partial charge in [-0.2, -0.15) is 0 Å². The lowest BCUT2D eigenvalue weighted by atomic mass is 10.1. The molecule has 0 aliphatic carbocycles. The Hall–Kier alpha value is -3.09. The monoisotopic (exact) mass is 429 g/mol. The molecule has 0 saturated heterocycles. The van der Waals surface area contributed by atoms with Gasteiger partial charge in [-0.3, -0.25) is 9.36 Å². The molecule has 0 N–H and O–H groups in total. The fraction of sp³-hybridized carbons (Fsp3) is 0.125. The number of thiophene rings is 1. The van der Waals surface area contributed by atoms with Crippen LogP contribution in [0.5, 0.6) is 0 Å². The van der Waals surface area contributed by atoms with Crippen molar-refractivity contribution in [3.05, 3.63) is 105 Å². The van der Waals surface area contributed by atoms with E-state index in [-0.39, 0.29) is 5.56 Å². The lowest BCUT2D eigenvalue weighted by Gasteiger charge is -2.03. The first-order valence-corrected chi connectivity index (χ1v) is 11.4. The number of aromatic nitrogens is 3. The van der Waals surface area contributed by atoms with E-state index in [1.165, 1.54) is 5.56 Å². The Labute approximate surface area is 182 Å². The van der Waals surface area contributed by atoms with Crippen LogP contribution in [0.15, 0.2) is 77.2 Å². The maximum Gasteiger partial charge on any atom is 0.262 e. The lowest BCUT2D eigenvalue weighted by Crippen LogP contribution is -2.21. The molecule has 0 spiro atoms. The highest BCUT2D eigenvalue weighted by molar-refractivity contribution is 7.22. The summed E-state index contributed by atoms with van der Waals surface area (Å²) in [6.07, 6.45) is 2.45. The summed E-state index contributed by atoms with van der Waals surface area (Å²) in [6.45, 7) is 2.44. The number of thiazole rings is 1. The number of nitrogens with zero attached hydrogens (tertiary/aromatic N) is 3. The van der Waals surface area contributed by atoms with Crippen LogP contribution in [0.2, 0.25) is 0 Å². The Morgan fingerprint density at radius 2 is 1.73 bits per heavy atom. The summed E-state index contributed by atoms with van der Waals surface area (Å²) >= 11 is 3.21. The van der Waals surface area contributed by atoms with Gasteiger partial charge in [-0.05, 0) is 23.6 Å². The molecule has 3 aromatic heterocycles. The van der Waals surface area contributed by atoms with Gasteiger partial charge in [-0.25, -0.2) is 9.97 Å². The molecule has 5 rings (SSSR count). The van der Waals surface area contributed by atoms with Gasteiger partial charge in [0.05, 0.1) is 29.0 Å². The molecule has 3 heterocycles. The number of fused-ring (bicyclic) bond motifs is 1. The molecule has 0 saturated carbocycles. The molecule has 148 valence electrons. The van der Waals surface area contributed by atoms with Crippen molar-refractivity contribution in [2.45, 2.75) is 19.9 Å². The van der Waals surface area contributed by atoms with Gasteiger partial charge >= 0.3 is 0 Å². The molecule has 0 aliphatic heterocycles. The van der Waals surface area contributed by atoms with E-state index in [0.29, 0.717) is 11.9 Å². The predicted molar refractivity (Wildman–Crippen MR) is 125 cm³/mol. The number of benzene rings is 2. The summed E-state index contributed by atoms with van der Waals surface area (Å²) in [5.74, 6) is 0. The van der Waals surface area contributed by atoms with Crippen LogP contribution in [-0.4, -0.2) is 14.5 Å². The van der Waals surface area contributed by atoms with Gasteiger partial charge in [-0.1, -0.05) is 60.7 Å². The molecule has 0 fully saturated rings. The third kappa shape index (κ3) is 3.60. The van der Waals surface area contributed by atoms with Crippen LogP contribution in [0.1, 0.15) is 21.8 Å². The Morgan fingerprint density at radius 1 is 1.00 bits per heavy atom. The van der Waals surface area contributed by atoms with Crippen molar-refractivity contribution >= 4 is 32.9 Å². The Morgan fingerprint density at radius 3 is 2.50 bits per heavy atom. The van der Waals surface area contributed by atoms with Crippen molar-refractivity contribution in [3.8, 4) is 10.4 Å². The second-order valence-corrected chi connectivity index (χ2v) is 9.12. The zero-order chi connectivity index (χ0) is 20.5. The third-order valence-electron chi connectivity index (χ3n) is 5.08. The highest BCUT2D eigenvalue weighted by atomic mass is 32.1. The molecular formula is C24H19N3OS2. The summed E-state index contributed by atoms with van der Waals surface area (Å²) in [6, 6.07) is 20.5. The highest BCUT2D eigenvalue weighted by Crippen LogP contribution is 2.35.